The van der Waals surface area contributed by atoms with Gasteiger partial charge in [-0.25, -0.2) is 0 Å². The lowest BCUT2D eigenvalue weighted by Crippen LogP contribution is -2.45. The Morgan fingerprint density at radius 1 is 1.33 bits per heavy atom. The van der Waals surface area contributed by atoms with Crippen LogP contribution in [0.25, 0.3) is 0 Å². The number of nitrogens with zero attached hydrogens (tertiary/aromatic N) is 2. The molecule has 1 saturated heterocycles. The molecule has 0 amide bonds. The molecule has 0 aromatic heterocycles. The van der Waals surface area contributed by atoms with Crippen LogP contribution in [0.2, 0.25) is 0 Å². The number of nitrogens with one attached hydrogen (secondary N) is 1. The Morgan fingerprint density at radius 3 is 2.86 bits per heavy atom. The maximum atomic E-state index is 9.09. The third-order valence-electron chi connectivity index (χ3n) is 4.86. The molecule has 1 heterocycles. The first-order valence-electron chi connectivity index (χ1n) is 8.27. The molecule has 2 fully saturated rings. The molecule has 1 N–H and O–H groups in total. The number of nitriles is 1. The first kappa shape index (κ1) is 14.6. The van der Waals surface area contributed by atoms with E-state index in [1.54, 1.807) is 0 Å². The van der Waals surface area contributed by atoms with Crippen molar-refractivity contribution in [3.63, 3.8) is 0 Å². The van der Waals surface area contributed by atoms with Crippen LogP contribution in [0, 0.1) is 11.3 Å². The zero-order valence-electron chi connectivity index (χ0n) is 12.9. The van der Waals surface area contributed by atoms with Gasteiger partial charge in [0.15, 0.2) is 0 Å². The van der Waals surface area contributed by atoms with Crippen molar-refractivity contribution in [2.75, 3.05) is 13.1 Å². The van der Waals surface area contributed by atoms with Crippen LogP contribution >= 0.6 is 0 Å². The summed E-state index contributed by atoms with van der Waals surface area (Å²) < 4.78 is 0. The third kappa shape index (κ3) is 3.64. The van der Waals surface area contributed by atoms with Gasteiger partial charge in [-0.1, -0.05) is 18.6 Å². The molecular weight excluding hydrogens is 258 g/mol. The average molecular weight is 283 g/mol. The second kappa shape index (κ2) is 6.60. The van der Waals surface area contributed by atoms with E-state index in [1.807, 2.05) is 18.2 Å². The zero-order chi connectivity index (χ0) is 14.7. The topological polar surface area (TPSA) is 39.1 Å². The van der Waals surface area contributed by atoms with Gasteiger partial charge in [0, 0.05) is 24.7 Å². The Bertz CT molecular complexity index is 509. The summed E-state index contributed by atoms with van der Waals surface area (Å²) in [6, 6.07) is 12.1. The van der Waals surface area contributed by atoms with Gasteiger partial charge in [-0.3, -0.25) is 4.90 Å². The van der Waals surface area contributed by atoms with Crippen LogP contribution in [0.1, 0.15) is 56.2 Å². The van der Waals surface area contributed by atoms with Gasteiger partial charge in [0.2, 0.25) is 0 Å². The van der Waals surface area contributed by atoms with E-state index < -0.39 is 0 Å². The van der Waals surface area contributed by atoms with E-state index in [0.717, 1.165) is 18.2 Å². The molecule has 0 spiro atoms. The van der Waals surface area contributed by atoms with Crippen molar-refractivity contribution in [3.05, 3.63) is 35.4 Å². The van der Waals surface area contributed by atoms with Crippen molar-refractivity contribution in [2.45, 2.75) is 57.2 Å². The highest BCUT2D eigenvalue weighted by molar-refractivity contribution is 5.34. The summed E-state index contributed by atoms with van der Waals surface area (Å²) in [7, 11) is 0. The highest BCUT2D eigenvalue weighted by Crippen LogP contribution is 2.35. The van der Waals surface area contributed by atoms with Gasteiger partial charge in [0.05, 0.1) is 11.6 Å². The summed E-state index contributed by atoms with van der Waals surface area (Å²) in [6.45, 7) is 4.60. The lowest BCUT2D eigenvalue weighted by atomic mass is 10.0. The Morgan fingerprint density at radius 2 is 2.19 bits per heavy atom. The van der Waals surface area contributed by atoms with Crippen molar-refractivity contribution in [3.8, 4) is 6.07 Å². The molecule has 1 aromatic carbocycles. The van der Waals surface area contributed by atoms with E-state index in [9.17, 15) is 0 Å². The van der Waals surface area contributed by atoms with E-state index in [2.05, 4.69) is 29.3 Å². The normalized spacial score (nSPS) is 23.8. The predicted octanol–water partition coefficient (Wildman–Crippen LogP) is 3.23. The molecule has 3 rings (SSSR count). The van der Waals surface area contributed by atoms with Gasteiger partial charge in [-0.2, -0.15) is 5.26 Å². The van der Waals surface area contributed by atoms with E-state index in [1.165, 1.54) is 44.2 Å². The van der Waals surface area contributed by atoms with E-state index in [-0.39, 0.29) is 0 Å². The van der Waals surface area contributed by atoms with Gasteiger partial charge < -0.3 is 5.32 Å². The molecule has 112 valence electrons. The van der Waals surface area contributed by atoms with Gasteiger partial charge in [0.25, 0.3) is 0 Å². The van der Waals surface area contributed by atoms with Crippen molar-refractivity contribution in [2.24, 2.45) is 0 Å². The minimum Gasteiger partial charge on any atom is -0.313 e. The van der Waals surface area contributed by atoms with Crippen LogP contribution in [0.3, 0.4) is 0 Å². The van der Waals surface area contributed by atoms with Crippen molar-refractivity contribution >= 4 is 0 Å². The van der Waals surface area contributed by atoms with Gasteiger partial charge >= 0.3 is 0 Å². The number of rotatable bonds is 5. The minimum absolute atomic E-state index is 0.398. The maximum Gasteiger partial charge on any atom is 0.0991 e. The van der Waals surface area contributed by atoms with E-state index in [0.29, 0.717) is 12.1 Å². The van der Waals surface area contributed by atoms with Crippen molar-refractivity contribution in [1.29, 1.82) is 5.26 Å². The van der Waals surface area contributed by atoms with E-state index in [4.69, 9.17) is 5.26 Å². The van der Waals surface area contributed by atoms with Crippen LogP contribution in [0.15, 0.2) is 24.3 Å². The molecule has 0 bridgehead atoms. The summed E-state index contributed by atoms with van der Waals surface area (Å²) in [5, 5.41) is 12.8. The van der Waals surface area contributed by atoms with Gasteiger partial charge in [-0.15, -0.1) is 0 Å². The Kier molecular flexibility index (Phi) is 4.57. The summed E-state index contributed by atoms with van der Waals surface area (Å²) >= 11 is 0. The second-order valence-electron chi connectivity index (χ2n) is 6.49. The van der Waals surface area contributed by atoms with E-state index >= 15 is 0 Å². The summed E-state index contributed by atoms with van der Waals surface area (Å²) in [4.78, 5) is 2.65. The highest BCUT2D eigenvalue weighted by atomic mass is 15.2. The van der Waals surface area contributed by atoms with Gasteiger partial charge in [-0.05, 0) is 56.8 Å². The van der Waals surface area contributed by atoms with Crippen molar-refractivity contribution < 1.29 is 0 Å². The maximum absolute atomic E-state index is 9.09. The molecule has 2 atom stereocenters. The molecule has 1 aromatic rings. The first-order valence-corrected chi connectivity index (χ1v) is 8.27. The average Bonchev–Trinajstić information content (AvgIpc) is 3.38. The van der Waals surface area contributed by atoms with Crippen LogP contribution in [-0.2, 0) is 0 Å². The molecule has 2 unspecified atom stereocenters. The summed E-state index contributed by atoms with van der Waals surface area (Å²) in [5.74, 6) is 0. The summed E-state index contributed by atoms with van der Waals surface area (Å²) in [5.41, 5.74) is 2.04. The first-order chi connectivity index (χ1) is 10.3. The number of hydrogen-bond donors (Lipinski definition) is 1. The minimum atomic E-state index is 0.398. The fraction of sp³-hybridized carbons (Fsp3) is 0.611. The zero-order valence-corrected chi connectivity index (χ0v) is 12.9. The van der Waals surface area contributed by atoms with Gasteiger partial charge in [0.1, 0.15) is 0 Å². The molecule has 3 heteroatoms. The van der Waals surface area contributed by atoms with Crippen LogP contribution in [0.5, 0.6) is 0 Å². The fourth-order valence-corrected chi connectivity index (χ4v) is 3.42. The SMILES string of the molecule is CC(c1cccc(C#N)c1)N(CC1CCCCN1)C1CC1. The monoisotopic (exact) mass is 283 g/mol. The quantitative estimate of drug-likeness (QED) is 0.901. The molecule has 1 aliphatic heterocycles. The lowest BCUT2D eigenvalue weighted by molar-refractivity contribution is 0.167. The van der Waals surface area contributed by atoms with Crippen molar-refractivity contribution in [1.82, 2.24) is 10.2 Å². The number of hydrogen-bond acceptors (Lipinski definition) is 3. The second-order valence-corrected chi connectivity index (χ2v) is 6.49. The Labute approximate surface area is 128 Å². The molecule has 2 aliphatic rings. The molecule has 3 nitrogen and oxygen atoms in total. The fourth-order valence-electron chi connectivity index (χ4n) is 3.42. The predicted molar refractivity (Wildman–Crippen MR) is 84.9 cm³/mol. The molecule has 1 saturated carbocycles. The molecule has 21 heavy (non-hydrogen) atoms. The molecule has 1 aliphatic carbocycles. The van der Waals surface area contributed by atoms with Crippen LogP contribution in [-0.4, -0.2) is 30.1 Å². The summed E-state index contributed by atoms with van der Waals surface area (Å²) in [6.07, 6.45) is 6.63. The largest absolute Gasteiger partial charge is 0.313 e. The Hall–Kier alpha value is -1.37. The number of piperidine rings is 1. The third-order valence-corrected chi connectivity index (χ3v) is 4.86. The van der Waals surface area contributed by atoms with Crippen LogP contribution in [0.4, 0.5) is 0 Å². The Balaban J connectivity index is 1.71. The van der Waals surface area contributed by atoms with Crippen LogP contribution < -0.4 is 5.32 Å². The number of benzene rings is 1. The highest BCUT2D eigenvalue weighted by Gasteiger charge is 2.34. The molecule has 0 radical (unpaired) electrons. The smallest absolute Gasteiger partial charge is 0.0991 e. The lowest BCUT2D eigenvalue weighted by Gasteiger charge is -2.35. The standard InChI is InChI=1S/C18H25N3/c1-14(16-6-4-5-15(11-16)12-19)21(18-8-9-18)13-17-7-2-3-10-20-17/h4-6,11,14,17-18,20H,2-3,7-10,13H2,1H3. The molecular formula is C18H25N3.